The van der Waals surface area contributed by atoms with Gasteiger partial charge in [-0.25, -0.2) is 19.9 Å². The summed E-state index contributed by atoms with van der Waals surface area (Å²) in [5.74, 6) is -5.39. The molecule has 3 aromatic heterocycles. The van der Waals surface area contributed by atoms with Crippen LogP contribution in [0.5, 0.6) is 5.75 Å². The molecule has 4 N–H and O–H groups in total. The Morgan fingerprint density at radius 2 is 1.81 bits per heavy atom. The molecule has 0 fully saturated rings. The van der Waals surface area contributed by atoms with Crippen molar-refractivity contribution in [1.82, 2.24) is 24.3 Å². The molecule has 4 heterocycles. The summed E-state index contributed by atoms with van der Waals surface area (Å²) in [5.41, 5.74) is 5.79. The minimum Gasteiger partial charge on any atom is -0.508 e. The molecule has 1 amide bonds. The van der Waals surface area contributed by atoms with Gasteiger partial charge >= 0.3 is 12.1 Å². The molecule has 192 valence electrons. The van der Waals surface area contributed by atoms with Gasteiger partial charge < -0.3 is 20.6 Å². The van der Waals surface area contributed by atoms with Crippen molar-refractivity contribution in [1.29, 1.82) is 0 Å². The predicted octanol–water partition coefficient (Wildman–Crippen LogP) is 3.86. The first-order valence-electron chi connectivity index (χ1n) is 10.9. The molecule has 0 spiro atoms. The van der Waals surface area contributed by atoms with E-state index >= 15 is 0 Å². The van der Waals surface area contributed by atoms with Gasteiger partial charge in [-0.3, -0.25) is 4.79 Å². The number of aromatic nitrogens is 5. The third kappa shape index (κ3) is 3.88. The summed E-state index contributed by atoms with van der Waals surface area (Å²) in [5, 5.41) is 12.3. The number of nitrogens with two attached hydrogens (primary N) is 1. The zero-order valence-electron chi connectivity index (χ0n) is 19.0. The Labute approximate surface area is 205 Å². The smallest absolute Gasteiger partial charge is 0.453 e. The summed E-state index contributed by atoms with van der Waals surface area (Å²) in [6.45, 7) is 1.62. The fourth-order valence-corrected chi connectivity index (χ4v) is 4.28. The average molecular weight is 519 g/mol. The second-order valence-corrected chi connectivity index (χ2v) is 8.72. The van der Waals surface area contributed by atoms with Gasteiger partial charge in [0, 0.05) is 25.0 Å². The number of imidazole rings is 1. The quantitative estimate of drug-likeness (QED) is 0.341. The maximum absolute atomic E-state index is 13.6. The Hall–Kier alpha value is -4.36. The zero-order chi connectivity index (χ0) is 26.8. The highest BCUT2D eigenvalue weighted by atomic mass is 19.4. The van der Waals surface area contributed by atoms with Crippen LogP contribution in [0, 0.1) is 0 Å². The van der Waals surface area contributed by atoms with Gasteiger partial charge in [0.15, 0.2) is 11.5 Å². The number of hydrogen-bond acceptors (Lipinski definition) is 7. The van der Waals surface area contributed by atoms with Gasteiger partial charge in [0.2, 0.25) is 5.91 Å². The Balaban J connectivity index is 1.57. The van der Waals surface area contributed by atoms with Crippen molar-refractivity contribution in [3.05, 3.63) is 59.7 Å². The molecule has 0 aliphatic carbocycles. The summed E-state index contributed by atoms with van der Waals surface area (Å²) in [4.78, 5) is 29.8. The normalized spacial score (nSPS) is 17.7. The van der Waals surface area contributed by atoms with Gasteiger partial charge in [-0.05, 0) is 31.0 Å². The number of nitrogen functional groups attached to an aromatic ring is 1. The molecular weight excluding hydrogens is 501 g/mol. The number of hydrogen-bond donors (Lipinski definition) is 3. The molecule has 0 radical (unpaired) electrons. The standard InChI is InChI=1S/C23H18F5N7O2/c1-21(11-2-4-12(36)5-3-11)15-16(29)32-17(33-18(15)34-20(21)37)14-10-35-9-8-30-19(35)13(31-14)6-7-22(24,25)23(26,27)28/h2-5,8-10,36H,6-7H2,1H3,(H3,29,32,33,34,37)/t21-/m0/s1. The number of halogens is 5. The summed E-state index contributed by atoms with van der Waals surface area (Å²) in [6, 6.07) is 5.97. The van der Waals surface area contributed by atoms with Crippen LogP contribution >= 0.6 is 0 Å². The van der Waals surface area contributed by atoms with E-state index in [1.807, 2.05) is 0 Å². The molecule has 1 aliphatic heterocycles. The monoisotopic (exact) mass is 519 g/mol. The van der Waals surface area contributed by atoms with Crippen molar-refractivity contribution in [2.24, 2.45) is 0 Å². The number of aryl methyl sites for hydroxylation is 1. The lowest BCUT2D eigenvalue weighted by Gasteiger charge is -2.23. The van der Waals surface area contributed by atoms with Gasteiger partial charge in [0.25, 0.3) is 0 Å². The van der Waals surface area contributed by atoms with Crippen LogP contribution in [-0.4, -0.2) is 47.4 Å². The first-order valence-corrected chi connectivity index (χ1v) is 10.9. The van der Waals surface area contributed by atoms with Crippen molar-refractivity contribution in [2.75, 3.05) is 11.1 Å². The Kier molecular flexibility index (Phi) is 5.31. The number of carbonyl (C=O) groups excluding carboxylic acids is 1. The molecule has 37 heavy (non-hydrogen) atoms. The molecule has 1 atom stereocenters. The van der Waals surface area contributed by atoms with Gasteiger partial charge in [-0.1, -0.05) is 12.1 Å². The van der Waals surface area contributed by atoms with Crippen molar-refractivity contribution in [3.8, 4) is 17.3 Å². The highest BCUT2D eigenvalue weighted by Crippen LogP contribution is 2.45. The number of fused-ring (bicyclic) bond motifs is 2. The third-order valence-corrected chi connectivity index (χ3v) is 6.33. The van der Waals surface area contributed by atoms with Crippen molar-refractivity contribution >= 4 is 23.2 Å². The second kappa shape index (κ2) is 8.08. The molecule has 9 nitrogen and oxygen atoms in total. The molecule has 4 aromatic rings. The van der Waals surface area contributed by atoms with Crippen molar-refractivity contribution in [3.63, 3.8) is 0 Å². The Morgan fingerprint density at radius 1 is 1.11 bits per heavy atom. The lowest BCUT2D eigenvalue weighted by molar-refractivity contribution is -0.284. The third-order valence-electron chi connectivity index (χ3n) is 6.33. The average Bonchev–Trinajstić information content (AvgIpc) is 3.40. The topological polar surface area (TPSA) is 131 Å². The number of phenols is 1. The first-order chi connectivity index (χ1) is 17.3. The summed E-state index contributed by atoms with van der Waals surface area (Å²) < 4.78 is 66.5. The van der Waals surface area contributed by atoms with E-state index in [0.717, 1.165) is 0 Å². The number of amides is 1. The number of carbonyl (C=O) groups is 1. The SMILES string of the molecule is C[C@@]1(c2ccc(O)cc2)C(=O)Nc2nc(-c3cn4ccnc4c(CCC(F)(F)C(F)(F)F)n3)nc(N)c21. The van der Waals surface area contributed by atoms with Crippen LogP contribution in [0.1, 0.15) is 30.2 Å². The minimum atomic E-state index is -5.70. The lowest BCUT2D eigenvalue weighted by atomic mass is 9.78. The fraction of sp³-hybridized carbons (Fsp3) is 0.261. The van der Waals surface area contributed by atoms with Crippen LogP contribution < -0.4 is 11.1 Å². The van der Waals surface area contributed by atoms with E-state index in [9.17, 15) is 31.9 Å². The van der Waals surface area contributed by atoms with E-state index in [1.165, 1.54) is 35.1 Å². The van der Waals surface area contributed by atoms with Crippen LogP contribution in [-0.2, 0) is 16.6 Å². The van der Waals surface area contributed by atoms with Gasteiger partial charge in [-0.2, -0.15) is 22.0 Å². The number of alkyl halides is 5. The summed E-state index contributed by atoms with van der Waals surface area (Å²) in [7, 11) is 0. The summed E-state index contributed by atoms with van der Waals surface area (Å²) in [6.07, 6.45) is -3.72. The summed E-state index contributed by atoms with van der Waals surface area (Å²) >= 11 is 0. The van der Waals surface area contributed by atoms with Crippen LogP contribution in [0.3, 0.4) is 0 Å². The number of phenolic OH excluding ortho intramolecular Hbond substituents is 1. The van der Waals surface area contributed by atoms with E-state index in [4.69, 9.17) is 5.73 Å². The number of nitrogens with one attached hydrogen (secondary N) is 1. The Morgan fingerprint density at radius 3 is 2.49 bits per heavy atom. The Bertz CT molecular complexity index is 1540. The maximum Gasteiger partial charge on any atom is 0.453 e. The van der Waals surface area contributed by atoms with Gasteiger partial charge in [0.05, 0.1) is 11.3 Å². The molecule has 0 saturated heterocycles. The molecule has 1 aromatic carbocycles. The number of anilines is 2. The number of benzene rings is 1. The highest BCUT2D eigenvalue weighted by molar-refractivity contribution is 6.09. The largest absolute Gasteiger partial charge is 0.508 e. The predicted molar refractivity (Wildman–Crippen MR) is 121 cm³/mol. The van der Waals surface area contributed by atoms with Crippen LogP contribution in [0.4, 0.5) is 33.6 Å². The second-order valence-electron chi connectivity index (χ2n) is 8.72. The highest BCUT2D eigenvalue weighted by Gasteiger charge is 2.56. The maximum atomic E-state index is 13.6. The van der Waals surface area contributed by atoms with E-state index in [0.29, 0.717) is 11.1 Å². The van der Waals surface area contributed by atoms with Crippen LogP contribution in [0.15, 0.2) is 42.9 Å². The fourth-order valence-electron chi connectivity index (χ4n) is 4.28. The molecule has 1 aliphatic rings. The van der Waals surface area contributed by atoms with E-state index in [1.54, 1.807) is 19.1 Å². The first kappa shape index (κ1) is 24.3. The molecular formula is C23H18F5N7O2. The van der Waals surface area contributed by atoms with Gasteiger partial charge in [-0.15, -0.1) is 0 Å². The van der Waals surface area contributed by atoms with Crippen LogP contribution in [0.25, 0.3) is 17.2 Å². The number of rotatable bonds is 5. The zero-order valence-corrected chi connectivity index (χ0v) is 19.0. The van der Waals surface area contributed by atoms with E-state index in [-0.39, 0.29) is 40.2 Å². The molecule has 0 saturated carbocycles. The lowest BCUT2D eigenvalue weighted by Crippen LogP contribution is -2.36. The molecule has 14 heteroatoms. The molecule has 0 unspecified atom stereocenters. The van der Waals surface area contributed by atoms with Crippen molar-refractivity contribution in [2.45, 2.75) is 37.3 Å². The van der Waals surface area contributed by atoms with E-state index in [2.05, 4.69) is 25.3 Å². The minimum absolute atomic E-state index is 0.00955. The van der Waals surface area contributed by atoms with Gasteiger partial charge in [0.1, 0.15) is 28.5 Å². The van der Waals surface area contributed by atoms with Crippen LogP contribution in [0.2, 0.25) is 0 Å². The van der Waals surface area contributed by atoms with Crippen molar-refractivity contribution < 1.29 is 31.9 Å². The number of aromatic hydroxyl groups is 1. The number of nitrogens with zero attached hydrogens (tertiary/aromatic N) is 5. The molecule has 5 rings (SSSR count). The molecule has 0 bridgehead atoms. The van der Waals surface area contributed by atoms with E-state index < -0.39 is 36.3 Å².